The van der Waals surface area contributed by atoms with Gasteiger partial charge in [-0.05, 0) is 52.4 Å². The highest BCUT2D eigenvalue weighted by Gasteiger charge is 2.32. The van der Waals surface area contributed by atoms with Crippen molar-refractivity contribution in [1.29, 1.82) is 0 Å². The summed E-state index contributed by atoms with van der Waals surface area (Å²) in [6.07, 6.45) is 0.237. The number of amides is 2. The minimum Gasteiger partial charge on any atom is -0.274 e. The molecule has 3 rings (SSSR count). The Balaban J connectivity index is 2.11. The predicted molar refractivity (Wildman–Crippen MR) is 86.1 cm³/mol. The van der Waals surface area contributed by atoms with E-state index in [1.54, 1.807) is 30.3 Å². The number of hydrogen-bond donors (Lipinski definition) is 0. The van der Waals surface area contributed by atoms with Crippen molar-refractivity contribution in [2.75, 3.05) is 4.90 Å². The SMILES string of the molecule is O=C1Cc2ccccc2C(=O)N1c1ccc(Cl)cc1I. The third kappa shape index (κ3) is 2.23. The lowest BCUT2D eigenvalue weighted by Crippen LogP contribution is -2.42. The topological polar surface area (TPSA) is 37.4 Å². The Morgan fingerprint density at radius 3 is 2.60 bits per heavy atom. The van der Waals surface area contributed by atoms with Crippen molar-refractivity contribution in [2.45, 2.75) is 6.42 Å². The van der Waals surface area contributed by atoms with Gasteiger partial charge in [-0.3, -0.25) is 9.59 Å². The number of fused-ring (bicyclic) bond motifs is 1. The van der Waals surface area contributed by atoms with Crippen LogP contribution in [-0.4, -0.2) is 11.8 Å². The lowest BCUT2D eigenvalue weighted by molar-refractivity contribution is -0.117. The number of nitrogens with zero attached hydrogens (tertiary/aromatic N) is 1. The van der Waals surface area contributed by atoms with Crippen LogP contribution in [0.15, 0.2) is 42.5 Å². The number of imide groups is 1. The van der Waals surface area contributed by atoms with Crippen molar-refractivity contribution in [3.63, 3.8) is 0 Å². The van der Waals surface area contributed by atoms with Gasteiger partial charge in [0.15, 0.2) is 0 Å². The number of halogens is 2. The molecule has 5 heteroatoms. The van der Waals surface area contributed by atoms with Crippen LogP contribution in [0.1, 0.15) is 15.9 Å². The smallest absolute Gasteiger partial charge is 0.265 e. The van der Waals surface area contributed by atoms with Crippen LogP contribution in [0.3, 0.4) is 0 Å². The van der Waals surface area contributed by atoms with E-state index in [0.29, 0.717) is 16.3 Å². The highest BCUT2D eigenvalue weighted by atomic mass is 127. The van der Waals surface area contributed by atoms with Crippen molar-refractivity contribution in [3.8, 4) is 0 Å². The van der Waals surface area contributed by atoms with E-state index in [9.17, 15) is 9.59 Å². The normalized spacial score (nSPS) is 14.4. The highest BCUT2D eigenvalue weighted by Crippen LogP contribution is 2.30. The summed E-state index contributed by atoms with van der Waals surface area (Å²) < 4.78 is 0.774. The summed E-state index contributed by atoms with van der Waals surface area (Å²) in [6, 6.07) is 12.3. The van der Waals surface area contributed by atoms with Gasteiger partial charge in [-0.2, -0.15) is 0 Å². The fourth-order valence-corrected chi connectivity index (χ4v) is 3.38. The van der Waals surface area contributed by atoms with Crippen molar-refractivity contribution in [1.82, 2.24) is 0 Å². The van der Waals surface area contributed by atoms with Gasteiger partial charge in [0, 0.05) is 14.2 Å². The molecule has 2 aromatic rings. The number of rotatable bonds is 1. The number of benzene rings is 2. The number of hydrogen-bond acceptors (Lipinski definition) is 2. The quantitative estimate of drug-likeness (QED) is 0.544. The molecule has 2 aromatic carbocycles. The van der Waals surface area contributed by atoms with Crippen LogP contribution in [0.2, 0.25) is 5.02 Å². The van der Waals surface area contributed by atoms with Gasteiger partial charge in [0.1, 0.15) is 0 Å². The zero-order valence-corrected chi connectivity index (χ0v) is 13.2. The number of carbonyl (C=O) groups excluding carboxylic acids is 2. The summed E-state index contributed by atoms with van der Waals surface area (Å²) in [4.78, 5) is 26.0. The molecule has 0 spiro atoms. The van der Waals surface area contributed by atoms with Crippen molar-refractivity contribution in [2.24, 2.45) is 0 Å². The predicted octanol–water partition coefficient (Wildman–Crippen LogP) is 3.67. The van der Waals surface area contributed by atoms with Crippen LogP contribution in [0, 0.1) is 3.57 Å². The molecule has 20 heavy (non-hydrogen) atoms. The molecule has 0 saturated heterocycles. The zero-order chi connectivity index (χ0) is 14.3. The summed E-state index contributed by atoms with van der Waals surface area (Å²) in [6.45, 7) is 0. The molecule has 1 heterocycles. The molecule has 0 bridgehead atoms. The van der Waals surface area contributed by atoms with Gasteiger partial charge in [0.2, 0.25) is 5.91 Å². The zero-order valence-electron chi connectivity index (χ0n) is 10.3. The molecule has 100 valence electrons. The third-order valence-corrected chi connectivity index (χ3v) is 4.29. The average Bonchev–Trinajstić information content (AvgIpc) is 2.41. The van der Waals surface area contributed by atoms with E-state index < -0.39 is 0 Å². The first-order valence-electron chi connectivity index (χ1n) is 5.98. The van der Waals surface area contributed by atoms with Crippen LogP contribution in [0.5, 0.6) is 0 Å². The lowest BCUT2D eigenvalue weighted by Gasteiger charge is -2.27. The molecule has 0 radical (unpaired) electrons. The average molecular weight is 398 g/mol. The number of anilines is 1. The van der Waals surface area contributed by atoms with E-state index in [2.05, 4.69) is 22.6 Å². The third-order valence-electron chi connectivity index (χ3n) is 3.19. The van der Waals surface area contributed by atoms with Crippen LogP contribution in [0.4, 0.5) is 5.69 Å². The van der Waals surface area contributed by atoms with Gasteiger partial charge in [-0.15, -0.1) is 0 Å². The molecule has 0 unspecified atom stereocenters. The highest BCUT2D eigenvalue weighted by molar-refractivity contribution is 14.1. The van der Waals surface area contributed by atoms with Gasteiger partial charge in [-0.25, -0.2) is 4.90 Å². The Morgan fingerprint density at radius 1 is 1.10 bits per heavy atom. The number of carbonyl (C=O) groups is 2. The molecule has 0 N–H and O–H groups in total. The maximum atomic E-state index is 12.5. The Labute approximate surface area is 134 Å². The largest absolute Gasteiger partial charge is 0.274 e. The molecule has 1 aliphatic rings. The summed E-state index contributed by atoms with van der Waals surface area (Å²) in [5.41, 5.74) is 1.94. The maximum Gasteiger partial charge on any atom is 0.265 e. The molecule has 0 aromatic heterocycles. The molecule has 2 amide bonds. The van der Waals surface area contributed by atoms with Crippen LogP contribution >= 0.6 is 34.2 Å². The molecule has 0 saturated carbocycles. The Hall–Kier alpha value is -1.40. The van der Waals surface area contributed by atoms with Crippen molar-refractivity contribution >= 4 is 51.7 Å². The minimum atomic E-state index is -0.280. The van der Waals surface area contributed by atoms with Gasteiger partial charge < -0.3 is 0 Å². The van der Waals surface area contributed by atoms with Gasteiger partial charge in [0.25, 0.3) is 5.91 Å². The molecule has 3 nitrogen and oxygen atoms in total. The van der Waals surface area contributed by atoms with E-state index in [0.717, 1.165) is 9.13 Å². The van der Waals surface area contributed by atoms with E-state index in [4.69, 9.17) is 11.6 Å². The first kappa shape index (κ1) is 13.6. The standard InChI is InChI=1S/C15H9ClINO2/c16-10-5-6-13(12(17)8-10)18-14(19)7-9-3-1-2-4-11(9)15(18)20/h1-6,8H,7H2. The van der Waals surface area contributed by atoms with E-state index in [1.807, 2.05) is 12.1 Å². The van der Waals surface area contributed by atoms with Crippen molar-refractivity contribution in [3.05, 3.63) is 62.2 Å². The van der Waals surface area contributed by atoms with E-state index in [1.165, 1.54) is 4.90 Å². The van der Waals surface area contributed by atoms with Gasteiger partial charge in [-0.1, -0.05) is 29.8 Å². The van der Waals surface area contributed by atoms with Gasteiger partial charge >= 0.3 is 0 Å². The lowest BCUT2D eigenvalue weighted by atomic mass is 9.98. The second-order valence-corrected chi connectivity index (χ2v) is 6.06. The Morgan fingerprint density at radius 2 is 1.85 bits per heavy atom. The molecular weight excluding hydrogens is 389 g/mol. The van der Waals surface area contributed by atoms with E-state index in [-0.39, 0.29) is 18.2 Å². The molecule has 0 atom stereocenters. The first-order valence-corrected chi connectivity index (χ1v) is 7.44. The summed E-state index contributed by atoms with van der Waals surface area (Å²) >= 11 is 7.99. The van der Waals surface area contributed by atoms with Crippen molar-refractivity contribution < 1.29 is 9.59 Å². The van der Waals surface area contributed by atoms with Crippen LogP contribution in [0.25, 0.3) is 0 Å². The first-order chi connectivity index (χ1) is 9.58. The Bertz CT molecular complexity index is 730. The molecular formula is C15H9ClINO2. The summed E-state index contributed by atoms with van der Waals surface area (Å²) in [5, 5.41) is 0.579. The minimum absolute atomic E-state index is 0.214. The summed E-state index contributed by atoms with van der Waals surface area (Å²) in [7, 11) is 0. The van der Waals surface area contributed by atoms with E-state index >= 15 is 0 Å². The summed E-state index contributed by atoms with van der Waals surface area (Å²) in [5.74, 6) is -0.494. The fraction of sp³-hybridized carbons (Fsp3) is 0.0667. The fourth-order valence-electron chi connectivity index (χ4n) is 2.27. The van der Waals surface area contributed by atoms with Crippen LogP contribution in [-0.2, 0) is 11.2 Å². The van der Waals surface area contributed by atoms with Gasteiger partial charge in [0.05, 0.1) is 12.1 Å². The van der Waals surface area contributed by atoms with Crippen LogP contribution < -0.4 is 4.90 Å². The second-order valence-electron chi connectivity index (χ2n) is 4.46. The Kier molecular flexibility index (Phi) is 3.52. The molecule has 0 fully saturated rings. The maximum absolute atomic E-state index is 12.5. The second kappa shape index (κ2) is 5.18. The monoisotopic (exact) mass is 397 g/mol. The molecule has 0 aliphatic carbocycles. The molecule has 1 aliphatic heterocycles.